The van der Waals surface area contributed by atoms with E-state index in [2.05, 4.69) is 20.8 Å². The zero-order valence-corrected chi connectivity index (χ0v) is 13.1. The first-order valence-corrected chi connectivity index (χ1v) is 7.80. The van der Waals surface area contributed by atoms with Gasteiger partial charge >= 0.3 is 0 Å². The van der Waals surface area contributed by atoms with Crippen molar-refractivity contribution in [2.75, 3.05) is 0 Å². The number of benzene rings is 1. The van der Waals surface area contributed by atoms with Gasteiger partial charge in [-0.05, 0) is 42.5 Å². The highest BCUT2D eigenvalue weighted by atomic mass is 19.1. The fourth-order valence-corrected chi connectivity index (χ4v) is 3.35. The van der Waals surface area contributed by atoms with Crippen LogP contribution in [0.5, 0.6) is 0 Å². The Morgan fingerprint density at radius 3 is 2.29 bits per heavy atom. The van der Waals surface area contributed by atoms with Crippen LogP contribution in [0.3, 0.4) is 0 Å². The van der Waals surface area contributed by atoms with Gasteiger partial charge in [0.1, 0.15) is 11.6 Å². The molecule has 2 rings (SSSR count). The summed E-state index contributed by atoms with van der Waals surface area (Å²) in [5, 5.41) is 0. The van der Waals surface area contributed by atoms with Crippen LogP contribution in [-0.2, 0) is 5.41 Å². The molecule has 0 saturated carbocycles. The van der Waals surface area contributed by atoms with Crippen molar-refractivity contribution in [2.45, 2.75) is 51.9 Å². The van der Waals surface area contributed by atoms with Crippen LogP contribution in [0.25, 0.3) is 0 Å². The topological polar surface area (TPSA) is 0 Å². The molecule has 0 amide bonds. The molecule has 2 heteroatoms. The largest absolute Gasteiger partial charge is 0.212 e. The third-order valence-corrected chi connectivity index (χ3v) is 4.92. The first-order chi connectivity index (χ1) is 9.98. The molecule has 114 valence electrons. The van der Waals surface area contributed by atoms with Crippen molar-refractivity contribution in [1.82, 2.24) is 0 Å². The monoisotopic (exact) mass is 290 g/mol. The molecule has 0 spiro atoms. The van der Waals surface area contributed by atoms with Gasteiger partial charge in [-0.15, -0.1) is 0 Å². The van der Waals surface area contributed by atoms with E-state index in [9.17, 15) is 8.78 Å². The van der Waals surface area contributed by atoms with Gasteiger partial charge in [-0.25, -0.2) is 8.78 Å². The zero-order valence-electron chi connectivity index (χ0n) is 13.1. The summed E-state index contributed by atoms with van der Waals surface area (Å²) >= 11 is 0. The SMILES string of the molecule is CCCC(C)C(C)(C1=CC=C(F)CC1)c1ccc(F)cc1. The molecule has 0 radical (unpaired) electrons. The molecule has 0 aromatic heterocycles. The highest BCUT2D eigenvalue weighted by molar-refractivity contribution is 5.40. The predicted octanol–water partition coefficient (Wildman–Crippen LogP) is 6.09. The average molecular weight is 290 g/mol. The number of halogens is 2. The summed E-state index contributed by atoms with van der Waals surface area (Å²) in [7, 11) is 0. The third-order valence-electron chi connectivity index (χ3n) is 4.92. The summed E-state index contributed by atoms with van der Waals surface area (Å²) in [6, 6.07) is 6.78. The lowest BCUT2D eigenvalue weighted by atomic mass is 9.64. The van der Waals surface area contributed by atoms with E-state index >= 15 is 0 Å². The minimum atomic E-state index is -0.215. The molecule has 0 nitrogen and oxygen atoms in total. The first-order valence-electron chi connectivity index (χ1n) is 7.80. The molecule has 0 aliphatic heterocycles. The summed E-state index contributed by atoms with van der Waals surface area (Å²) in [6.45, 7) is 6.63. The predicted molar refractivity (Wildman–Crippen MR) is 84.3 cm³/mol. The maximum Gasteiger partial charge on any atom is 0.123 e. The maximum absolute atomic E-state index is 13.3. The Balaban J connectivity index is 2.46. The Kier molecular flexibility index (Phi) is 4.97. The minimum absolute atomic E-state index is 0.0525. The molecule has 0 N–H and O–H groups in total. The van der Waals surface area contributed by atoms with Gasteiger partial charge in [0, 0.05) is 11.8 Å². The van der Waals surface area contributed by atoms with Crippen molar-refractivity contribution in [2.24, 2.45) is 5.92 Å². The zero-order chi connectivity index (χ0) is 15.5. The van der Waals surface area contributed by atoms with E-state index in [1.54, 1.807) is 6.08 Å². The maximum atomic E-state index is 13.3. The van der Waals surface area contributed by atoms with Crippen LogP contribution in [0.15, 0.2) is 47.8 Å². The Morgan fingerprint density at radius 2 is 1.76 bits per heavy atom. The Hall–Kier alpha value is -1.44. The molecule has 0 saturated heterocycles. The van der Waals surface area contributed by atoms with Crippen molar-refractivity contribution in [3.8, 4) is 0 Å². The molecular formula is C19H24F2. The van der Waals surface area contributed by atoms with E-state index in [0.717, 1.165) is 24.8 Å². The van der Waals surface area contributed by atoms with Crippen LogP contribution in [0.2, 0.25) is 0 Å². The van der Waals surface area contributed by atoms with Gasteiger partial charge in [-0.1, -0.05) is 51.0 Å². The van der Waals surface area contributed by atoms with Gasteiger partial charge in [0.2, 0.25) is 0 Å². The molecule has 0 heterocycles. The summed E-state index contributed by atoms with van der Waals surface area (Å²) in [5.74, 6) is 0.157. The lowest BCUT2D eigenvalue weighted by molar-refractivity contribution is 0.331. The molecule has 1 aromatic carbocycles. The number of hydrogen-bond acceptors (Lipinski definition) is 0. The number of allylic oxidation sites excluding steroid dienone is 4. The smallest absolute Gasteiger partial charge is 0.123 e. The van der Waals surface area contributed by atoms with Gasteiger partial charge in [0.25, 0.3) is 0 Å². The van der Waals surface area contributed by atoms with Crippen LogP contribution in [-0.4, -0.2) is 0 Å². The second-order valence-electron chi connectivity index (χ2n) is 6.20. The second-order valence-corrected chi connectivity index (χ2v) is 6.20. The van der Waals surface area contributed by atoms with Crippen LogP contribution in [0.1, 0.15) is 52.0 Å². The van der Waals surface area contributed by atoms with Crippen LogP contribution in [0, 0.1) is 11.7 Å². The van der Waals surface area contributed by atoms with E-state index in [0.29, 0.717) is 12.3 Å². The van der Waals surface area contributed by atoms with Gasteiger partial charge in [0.15, 0.2) is 0 Å². The lowest BCUT2D eigenvalue weighted by Gasteiger charge is -2.40. The molecule has 0 bridgehead atoms. The molecule has 2 unspecified atom stereocenters. The van der Waals surface area contributed by atoms with Crippen molar-refractivity contribution in [3.63, 3.8) is 0 Å². The molecule has 0 fully saturated rings. The standard InChI is InChI=1S/C19H24F2/c1-4-5-14(2)19(3,15-6-10-17(20)11-7-15)16-8-12-18(21)13-9-16/h6-8,10-12,14H,4-5,9,13H2,1-3H3. The Bertz CT molecular complexity index is 539. The number of hydrogen-bond donors (Lipinski definition) is 0. The van der Waals surface area contributed by atoms with E-state index in [4.69, 9.17) is 0 Å². The molecular weight excluding hydrogens is 266 g/mol. The van der Waals surface area contributed by atoms with E-state index < -0.39 is 0 Å². The molecule has 21 heavy (non-hydrogen) atoms. The van der Waals surface area contributed by atoms with Gasteiger partial charge < -0.3 is 0 Å². The Labute approximate surface area is 126 Å². The average Bonchev–Trinajstić information content (AvgIpc) is 2.48. The van der Waals surface area contributed by atoms with Crippen molar-refractivity contribution in [1.29, 1.82) is 0 Å². The minimum Gasteiger partial charge on any atom is -0.212 e. The second kappa shape index (κ2) is 6.55. The summed E-state index contributed by atoms with van der Waals surface area (Å²) in [6.07, 6.45) is 6.92. The van der Waals surface area contributed by atoms with Crippen LogP contribution >= 0.6 is 0 Å². The quantitative estimate of drug-likeness (QED) is 0.615. The van der Waals surface area contributed by atoms with Crippen molar-refractivity contribution in [3.05, 3.63) is 59.2 Å². The highest BCUT2D eigenvalue weighted by Crippen LogP contribution is 2.44. The molecule has 1 aromatic rings. The van der Waals surface area contributed by atoms with E-state index in [1.807, 2.05) is 18.2 Å². The Morgan fingerprint density at radius 1 is 1.10 bits per heavy atom. The van der Waals surface area contributed by atoms with Gasteiger partial charge in [-0.3, -0.25) is 0 Å². The summed E-state index contributed by atoms with van der Waals surface area (Å²) in [4.78, 5) is 0. The molecule has 2 atom stereocenters. The molecule has 1 aliphatic carbocycles. The van der Waals surface area contributed by atoms with E-state index in [1.165, 1.54) is 17.7 Å². The van der Waals surface area contributed by atoms with Gasteiger partial charge in [0.05, 0.1) is 0 Å². The van der Waals surface area contributed by atoms with Gasteiger partial charge in [-0.2, -0.15) is 0 Å². The fraction of sp³-hybridized carbons (Fsp3) is 0.474. The first kappa shape index (κ1) is 15.9. The van der Waals surface area contributed by atoms with Crippen LogP contribution < -0.4 is 0 Å². The lowest BCUT2D eigenvalue weighted by Crippen LogP contribution is -2.33. The third kappa shape index (κ3) is 3.25. The highest BCUT2D eigenvalue weighted by Gasteiger charge is 2.36. The number of rotatable bonds is 5. The van der Waals surface area contributed by atoms with Crippen LogP contribution in [0.4, 0.5) is 8.78 Å². The molecule has 1 aliphatic rings. The summed E-state index contributed by atoms with van der Waals surface area (Å²) in [5.41, 5.74) is 2.20. The summed E-state index contributed by atoms with van der Waals surface area (Å²) < 4.78 is 26.6. The van der Waals surface area contributed by atoms with E-state index in [-0.39, 0.29) is 17.1 Å². The fourth-order valence-electron chi connectivity index (χ4n) is 3.35. The van der Waals surface area contributed by atoms with Crippen molar-refractivity contribution < 1.29 is 8.78 Å². The van der Waals surface area contributed by atoms with Crippen molar-refractivity contribution >= 4 is 0 Å². The normalized spacial score (nSPS) is 19.5.